The van der Waals surface area contributed by atoms with Gasteiger partial charge in [0, 0.05) is 31.4 Å². The van der Waals surface area contributed by atoms with Crippen LogP contribution in [0.15, 0.2) is 24.4 Å². The van der Waals surface area contributed by atoms with E-state index in [1.807, 2.05) is 31.9 Å². The minimum Gasteiger partial charge on any atom is -0.507 e. The highest BCUT2D eigenvalue weighted by molar-refractivity contribution is 5.90. The molecule has 0 amide bonds. The molecule has 0 saturated carbocycles. The molecule has 0 atom stereocenters. The zero-order chi connectivity index (χ0) is 15.6. The highest BCUT2D eigenvalue weighted by Gasteiger charge is 2.12. The van der Waals surface area contributed by atoms with E-state index in [2.05, 4.69) is 10.00 Å². The molecule has 0 spiro atoms. The predicted molar refractivity (Wildman–Crippen MR) is 78.2 cm³/mol. The van der Waals surface area contributed by atoms with Gasteiger partial charge in [0.15, 0.2) is 0 Å². The number of carboxylic acid groups (broad SMARTS) is 1. The van der Waals surface area contributed by atoms with Crippen molar-refractivity contribution < 1.29 is 15.0 Å². The number of carbonyl (C=O) groups is 1. The molecule has 0 saturated heterocycles. The molecule has 0 unspecified atom stereocenters. The number of rotatable bonds is 5. The largest absolute Gasteiger partial charge is 0.507 e. The van der Waals surface area contributed by atoms with Crippen LogP contribution in [0, 0.1) is 6.92 Å². The number of nitrogens with zero attached hydrogens (tertiary/aromatic N) is 3. The molecule has 2 N–H and O–H groups in total. The summed E-state index contributed by atoms with van der Waals surface area (Å²) in [5.41, 5.74) is 3.02. The third-order valence-electron chi connectivity index (χ3n) is 3.52. The molecule has 1 aromatic carbocycles. The number of hydrogen-bond donors (Lipinski definition) is 2. The molecule has 6 heteroatoms. The highest BCUT2D eigenvalue weighted by atomic mass is 16.4. The van der Waals surface area contributed by atoms with Crippen molar-refractivity contribution in [2.24, 2.45) is 7.05 Å². The first kappa shape index (κ1) is 15.1. The molecule has 1 aromatic heterocycles. The highest BCUT2D eigenvalue weighted by Crippen LogP contribution is 2.20. The van der Waals surface area contributed by atoms with Gasteiger partial charge in [-0.15, -0.1) is 0 Å². The Morgan fingerprint density at radius 2 is 2.10 bits per heavy atom. The fourth-order valence-corrected chi connectivity index (χ4v) is 2.21. The van der Waals surface area contributed by atoms with Gasteiger partial charge in [0.05, 0.1) is 6.20 Å². The first-order chi connectivity index (χ1) is 9.88. The molecule has 21 heavy (non-hydrogen) atoms. The standard InChI is InChI=1S/C15H19N3O3/c1-10-12(7-16-18(10)3)9-17(2)8-11-4-5-14(19)13(6-11)15(20)21/h4-7,19H,8-9H2,1-3H3,(H,20,21). The van der Waals surface area contributed by atoms with Crippen LogP contribution < -0.4 is 0 Å². The molecule has 6 nitrogen and oxygen atoms in total. The third kappa shape index (κ3) is 3.41. The number of hydrogen-bond acceptors (Lipinski definition) is 4. The Kier molecular flexibility index (Phi) is 4.28. The molecule has 0 aliphatic rings. The van der Waals surface area contributed by atoms with Crippen molar-refractivity contribution in [1.82, 2.24) is 14.7 Å². The summed E-state index contributed by atoms with van der Waals surface area (Å²) in [5, 5.41) is 22.7. The van der Waals surface area contributed by atoms with E-state index in [0.717, 1.165) is 23.4 Å². The van der Waals surface area contributed by atoms with Gasteiger partial charge in [-0.05, 0) is 31.7 Å². The zero-order valence-corrected chi connectivity index (χ0v) is 12.4. The van der Waals surface area contributed by atoms with Gasteiger partial charge < -0.3 is 10.2 Å². The second kappa shape index (κ2) is 5.97. The molecule has 0 aliphatic carbocycles. The van der Waals surface area contributed by atoms with E-state index in [1.54, 1.807) is 6.07 Å². The molecule has 0 aliphatic heterocycles. The van der Waals surface area contributed by atoms with Crippen molar-refractivity contribution in [3.05, 3.63) is 46.8 Å². The molecule has 1 heterocycles. The van der Waals surface area contributed by atoms with Crippen LogP contribution in [-0.2, 0) is 20.1 Å². The number of benzene rings is 1. The normalized spacial score (nSPS) is 11.0. The average Bonchev–Trinajstić information content (AvgIpc) is 2.72. The molecule has 0 fully saturated rings. The molecule has 2 aromatic rings. The number of aryl methyl sites for hydroxylation is 1. The van der Waals surface area contributed by atoms with Crippen LogP contribution in [0.2, 0.25) is 0 Å². The van der Waals surface area contributed by atoms with E-state index in [9.17, 15) is 9.90 Å². The first-order valence-electron chi connectivity index (χ1n) is 6.59. The van der Waals surface area contributed by atoms with Crippen LogP contribution >= 0.6 is 0 Å². The lowest BCUT2D eigenvalue weighted by atomic mass is 10.1. The minimum absolute atomic E-state index is 0.0709. The summed E-state index contributed by atoms with van der Waals surface area (Å²) in [6.45, 7) is 3.33. The van der Waals surface area contributed by atoms with Crippen LogP contribution in [0.3, 0.4) is 0 Å². The van der Waals surface area contributed by atoms with Gasteiger partial charge in [0.2, 0.25) is 0 Å². The van der Waals surface area contributed by atoms with E-state index in [0.29, 0.717) is 6.54 Å². The van der Waals surface area contributed by atoms with Gasteiger partial charge >= 0.3 is 5.97 Å². The summed E-state index contributed by atoms with van der Waals surface area (Å²) >= 11 is 0. The fraction of sp³-hybridized carbons (Fsp3) is 0.333. The topological polar surface area (TPSA) is 78.6 Å². The summed E-state index contributed by atoms with van der Waals surface area (Å²) in [4.78, 5) is 13.1. The lowest BCUT2D eigenvalue weighted by Crippen LogP contribution is -2.18. The summed E-state index contributed by atoms with van der Waals surface area (Å²) in [5.74, 6) is -1.34. The summed E-state index contributed by atoms with van der Waals surface area (Å²) in [7, 11) is 3.86. The zero-order valence-electron chi connectivity index (χ0n) is 12.4. The Hall–Kier alpha value is -2.34. The molecular formula is C15H19N3O3. The van der Waals surface area contributed by atoms with Gasteiger partial charge in [-0.25, -0.2) is 4.79 Å². The lowest BCUT2D eigenvalue weighted by Gasteiger charge is -2.17. The monoisotopic (exact) mass is 289 g/mol. The Morgan fingerprint density at radius 1 is 1.38 bits per heavy atom. The minimum atomic E-state index is -1.12. The van der Waals surface area contributed by atoms with Gasteiger partial charge in [-0.1, -0.05) is 6.07 Å². The van der Waals surface area contributed by atoms with Crippen LogP contribution in [0.5, 0.6) is 5.75 Å². The van der Waals surface area contributed by atoms with Crippen molar-refractivity contribution >= 4 is 5.97 Å². The van der Waals surface area contributed by atoms with Crippen molar-refractivity contribution in [2.75, 3.05) is 7.05 Å². The van der Waals surface area contributed by atoms with Gasteiger partial charge in [0.1, 0.15) is 11.3 Å². The lowest BCUT2D eigenvalue weighted by molar-refractivity contribution is 0.0693. The number of aromatic nitrogens is 2. The predicted octanol–water partition coefficient (Wildman–Crippen LogP) is 1.76. The number of aromatic hydroxyl groups is 1. The molecular weight excluding hydrogens is 270 g/mol. The van der Waals surface area contributed by atoms with Gasteiger partial charge in [-0.2, -0.15) is 5.10 Å². The second-order valence-corrected chi connectivity index (χ2v) is 5.21. The van der Waals surface area contributed by atoms with E-state index < -0.39 is 5.97 Å². The SMILES string of the molecule is Cc1c(CN(C)Cc2ccc(O)c(C(=O)O)c2)cnn1C. The number of phenols is 1. The van der Waals surface area contributed by atoms with Crippen molar-refractivity contribution in [3.63, 3.8) is 0 Å². The third-order valence-corrected chi connectivity index (χ3v) is 3.52. The maximum atomic E-state index is 11.0. The molecule has 2 rings (SSSR count). The molecule has 0 radical (unpaired) electrons. The fourth-order valence-electron chi connectivity index (χ4n) is 2.21. The Bertz CT molecular complexity index is 664. The second-order valence-electron chi connectivity index (χ2n) is 5.21. The first-order valence-corrected chi connectivity index (χ1v) is 6.59. The maximum Gasteiger partial charge on any atom is 0.339 e. The quantitative estimate of drug-likeness (QED) is 0.877. The van der Waals surface area contributed by atoms with Gasteiger partial charge in [-0.3, -0.25) is 9.58 Å². The Labute approximate surface area is 123 Å². The number of carboxylic acids is 1. The Balaban J connectivity index is 2.09. The summed E-state index contributed by atoms with van der Waals surface area (Å²) in [6.07, 6.45) is 1.84. The smallest absolute Gasteiger partial charge is 0.339 e. The summed E-state index contributed by atoms with van der Waals surface area (Å²) < 4.78 is 1.83. The van der Waals surface area contributed by atoms with Crippen molar-refractivity contribution in [1.29, 1.82) is 0 Å². The van der Waals surface area contributed by atoms with Crippen LogP contribution in [0.25, 0.3) is 0 Å². The van der Waals surface area contributed by atoms with E-state index in [4.69, 9.17) is 5.11 Å². The van der Waals surface area contributed by atoms with E-state index >= 15 is 0 Å². The maximum absolute atomic E-state index is 11.0. The van der Waals surface area contributed by atoms with E-state index in [-0.39, 0.29) is 11.3 Å². The van der Waals surface area contributed by atoms with Crippen molar-refractivity contribution in [3.8, 4) is 5.75 Å². The van der Waals surface area contributed by atoms with Gasteiger partial charge in [0.25, 0.3) is 0 Å². The molecule has 112 valence electrons. The van der Waals surface area contributed by atoms with Crippen LogP contribution in [0.4, 0.5) is 0 Å². The molecule has 0 bridgehead atoms. The van der Waals surface area contributed by atoms with Crippen molar-refractivity contribution in [2.45, 2.75) is 20.0 Å². The van der Waals surface area contributed by atoms with Crippen LogP contribution in [0.1, 0.15) is 27.2 Å². The van der Waals surface area contributed by atoms with Crippen LogP contribution in [-0.4, -0.2) is 37.9 Å². The van der Waals surface area contributed by atoms with E-state index in [1.165, 1.54) is 12.1 Å². The number of aromatic carboxylic acids is 1. The Morgan fingerprint density at radius 3 is 2.67 bits per heavy atom. The average molecular weight is 289 g/mol. The summed E-state index contributed by atoms with van der Waals surface area (Å²) in [6, 6.07) is 4.65.